The Bertz CT molecular complexity index is 689. The monoisotopic (exact) mass is 354 g/mol. The van der Waals surface area contributed by atoms with Crippen LogP contribution >= 0.6 is 15.9 Å². The molecule has 2 aromatic rings. The fourth-order valence-electron chi connectivity index (χ4n) is 1.73. The van der Waals surface area contributed by atoms with Crippen molar-refractivity contribution in [3.05, 3.63) is 45.9 Å². The zero-order valence-corrected chi connectivity index (χ0v) is 13.9. The van der Waals surface area contributed by atoms with Gasteiger partial charge in [-0.05, 0) is 24.3 Å². The fraction of sp³-hybridized carbons (Fsp3) is 0.333. The molecule has 0 aliphatic rings. The molecule has 1 aromatic carbocycles. The molecule has 0 N–H and O–H groups in total. The lowest BCUT2D eigenvalue weighted by Gasteiger charge is -2.13. The predicted molar refractivity (Wildman–Crippen MR) is 81.0 cm³/mol. The zero-order valence-electron chi connectivity index (χ0n) is 12.3. The predicted octanol–water partition coefficient (Wildman–Crippen LogP) is 3.84. The van der Waals surface area contributed by atoms with Crippen LogP contribution in [0.1, 0.15) is 37.0 Å². The molecule has 0 atom stereocenters. The molecule has 0 bridgehead atoms. The summed E-state index contributed by atoms with van der Waals surface area (Å²) in [5, 5.41) is 4.30. The lowest BCUT2D eigenvalue weighted by Crippen LogP contribution is -2.14. The second kappa shape index (κ2) is 5.60. The van der Waals surface area contributed by atoms with Gasteiger partial charge >= 0.3 is 5.97 Å². The van der Waals surface area contributed by atoms with Crippen LogP contribution in [0.25, 0.3) is 0 Å². The van der Waals surface area contributed by atoms with Gasteiger partial charge in [-0.3, -0.25) is 4.68 Å². The summed E-state index contributed by atoms with van der Waals surface area (Å²) in [5.74, 6) is -1.35. The molecule has 6 heteroatoms. The molecule has 0 aliphatic heterocycles. The number of carbonyl (C=O) groups excluding carboxylic acids is 1. The van der Waals surface area contributed by atoms with E-state index in [1.165, 1.54) is 16.8 Å². The summed E-state index contributed by atoms with van der Waals surface area (Å²) in [5.41, 5.74) is 0.870. The number of aryl methyl sites for hydroxylation is 1. The summed E-state index contributed by atoms with van der Waals surface area (Å²) in [4.78, 5) is 12.2. The first-order valence-electron chi connectivity index (χ1n) is 6.40. The van der Waals surface area contributed by atoms with Crippen molar-refractivity contribution in [1.82, 2.24) is 9.78 Å². The number of aromatic nitrogens is 2. The van der Waals surface area contributed by atoms with E-state index in [0.717, 1.165) is 5.69 Å². The second-order valence-corrected chi connectivity index (χ2v) is 6.67. The van der Waals surface area contributed by atoms with Crippen LogP contribution in [0.15, 0.2) is 28.7 Å². The molecule has 0 saturated heterocycles. The summed E-state index contributed by atoms with van der Waals surface area (Å²) in [6.45, 7) is 6.00. The molecule has 0 amide bonds. The van der Waals surface area contributed by atoms with Crippen LogP contribution in [-0.2, 0) is 12.5 Å². The van der Waals surface area contributed by atoms with Gasteiger partial charge in [0.1, 0.15) is 5.69 Å². The molecule has 2 rings (SSSR count). The van der Waals surface area contributed by atoms with Gasteiger partial charge in [0.05, 0.1) is 5.69 Å². The fourth-order valence-corrected chi connectivity index (χ4v) is 2.07. The van der Waals surface area contributed by atoms with Crippen LogP contribution < -0.4 is 4.74 Å². The van der Waals surface area contributed by atoms with Gasteiger partial charge in [0, 0.05) is 16.9 Å². The van der Waals surface area contributed by atoms with Crippen LogP contribution in [0.2, 0.25) is 0 Å². The number of hydrogen-bond donors (Lipinski definition) is 0. The van der Waals surface area contributed by atoms with E-state index in [4.69, 9.17) is 4.74 Å². The maximum atomic E-state index is 13.7. The molecule has 0 spiro atoms. The van der Waals surface area contributed by atoms with E-state index in [-0.39, 0.29) is 16.9 Å². The van der Waals surface area contributed by atoms with Gasteiger partial charge in [-0.2, -0.15) is 5.10 Å². The van der Waals surface area contributed by atoms with Gasteiger partial charge in [-0.25, -0.2) is 9.18 Å². The number of esters is 1. The number of benzene rings is 1. The van der Waals surface area contributed by atoms with Crippen LogP contribution in [-0.4, -0.2) is 15.7 Å². The Morgan fingerprint density at radius 1 is 1.33 bits per heavy atom. The quantitative estimate of drug-likeness (QED) is 0.607. The summed E-state index contributed by atoms with van der Waals surface area (Å²) in [6.07, 6.45) is 0. The number of rotatable bonds is 2. The minimum absolute atomic E-state index is 0.110. The van der Waals surface area contributed by atoms with Crippen molar-refractivity contribution in [2.24, 2.45) is 7.05 Å². The first kappa shape index (κ1) is 15.7. The average Bonchev–Trinajstić information content (AvgIpc) is 2.75. The Hall–Kier alpha value is -1.69. The number of nitrogens with zero attached hydrogens (tertiary/aromatic N) is 2. The molecule has 4 nitrogen and oxygen atoms in total. The molecule has 0 saturated carbocycles. The van der Waals surface area contributed by atoms with Crippen LogP contribution in [0.5, 0.6) is 5.75 Å². The highest BCUT2D eigenvalue weighted by Gasteiger charge is 2.23. The Morgan fingerprint density at radius 2 is 2.00 bits per heavy atom. The minimum Gasteiger partial charge on any atom is -0.419 e. The molecule has 0 aliphatic carbocycles. The Morgan fingerprint density at radius 3 is 2.52 bits per heavy atom. The van der Waals surface area contributed by atoms with Gasteiger partial charge in [0.2, 0.25) is 0 Å². The van der Waals surface area contributed by atoms with Crippen LogP contribution in [0.3, 0.4) is 0 Å². The maximum Gasteiger partial charge on any atom is 0.362 e. The number of carbonyl (C=O) groups is 1. The normalized spacial score (nSPS) is 11.5. The molecular weight excluding hydrogens is 339 g/mol. The highest BCUT2D eigenvalue weighted by Crippen LogP contribution is 2.24. The van der Waals surface area contributed by atoms with E-state index < -0.39 is 11.8 Å². The number of hydrogen-bond acceptors (Lipinski definition) is 3. The minimum atomic E-state index is -0.637. The van der Waals surface area contributed by atoms with E-state index in [9.17, 15) is 9.18 Å². The third-order valence-electron chi connectivity index (χ3n) is 2.95. The third kappa shape index (κ3) is 3.50. The van der Waals surface area contributed by atoms with E-state index >= 15 is 0 Å². The standard InChI is InChI=1S/C15H16BrFN2O2/c1-15(2,3)13-8-11(19(4)18-13)14(20)21-12-6-5-9(16)7-10(12)17/h5-8H,1-4H3. The first-order chi connectivity index (χ1) is 9.68. The van der Waals surface area contributed by atoms with Crippen LogP contribution in [0.4, 0.5) is 4.39 Å². The van der Waals surface area contributed by atoms with Crippen LogP contribution in [0, 0.1) is 5.82 Å². The highest BCUT2D eigenvalue weighted by atomic mass is 79.9. The first-order valence-corrected chi connectivity index (χ1v) is 7.19. The van der Waals surface area contributed by atoms with Crippen molar-refractivity contribution in [1.29, 1.82) is 0 Å². The van der Waals surface area contributed by atoms with Crippen molar-refractivity contribution < 1.29 is 13.9 Å². The lowest BCUT2D eigenvalue weighted by atomic mass is 9.92. The molecule has 0 fully saturated rings. The summed E-state index contributed by atoms with van der Waals surface area (Å²) in [6, 6.07) is 5.92. The SMILES string of the molecule is Cn1nc(C(C)(C)C)cc1C(=O)Oc1ccc(Br)cc1F. The molecule has 21 heavy (non-hydrogen) atoms. The molecular formula is C15H16BrFN2O2. The van der Waals surface area contributed by atoms with Gasteiger partial charge in [-0.15, -0.1) is 0 Å². The van der Waals surface area contributed by atoms with E-state index in [1.54, 1.807) is 19.2 Å². The summed E-state index contributed by atoms with van der Waals surface area (Å²) < 4.78 is 20.8. The Kier molecular flexibility index (Phi) is 4.18. The van der Waals surface area contributed by atoms with Crippen molar-refractivity contribution in [3.63, 3.8) is 0 Å². The largest absolute Gasteiger partial charge is 0.419 e. The van der Waals surface area contributed by atoms with Gasteiger partial charge in [-0.1, -0.05) is 36.7 Å². The summed E-state index contributed by atoms with van der Waals surface area (Å²) in [7, 11) is 1.66. The third-order valence-corrected chi connectivity index (χ3v) is 3.45. The number of halogens is 2. The molecule has 1 heterocycles. The van der Waals surface area contributed by atoms with Gasteiger partial charge < -0.3 is 4.74 Å². The average molecular weight is 355 g/mol. The van der Waals surface area contributed by atoms with E-state index in [1.807, 2.05) is 20.8 Å². The molecule has 0 radical (unpaired) electrons. The topological polar surface area (TPSA) is 44.1 Å². The van der Waals surface area contributed by atoms with Crippen molar-refractivity contribution in [2.75, 3.05) is 0 Å². The van der Waals surface area contributed by atoms with E-state index in [0.29, 0.717) is 4.47 Å². The van der Waals surface area contributed by atoms with Crippen molar-refractivity contribution in [2.45, 2.75) is 26.2 Å². The van der Waals surface area contributed by atoms with Gasteiger partial charge in [0.25, 0.3) is 0 Å². The zero-order chi connectivity index (χ0) is 15.8. The molecule has 1 aromatic heterocycles. The molecule has 0 unspecified atom stereocenters. The number of ether oxygens (including phenoxy) is 1. The van der Waals surface area contributed by atoms with E-state index in [2.05, 4.69) is 21.0 Å². The van der Waals surface area contributed by atoms with Crippen molar-refractivity contribution >= 4 is 21.9 Å². The Labute approximate surface area is 131 Å². The molecule has 112 valence electrons. The van der Waals surface area contributed by atoms with Gasteiger partial charge in [0.15, 0.2) is 11.6 Å². The second-order valence-electron chi connectivity index (χ2n) is 5.75. The lowest BCUT2D eigenvalue weighted by molar-refractivity contribution is 0.0716. The van der Waals surface area contributed by atoms with Crippen molar-refractivity contribution in [3.8, 4) is 5.75 Å². The maximum absolute atomic E-state index is 13.7. The Balaban J connectivity index is 2.27. The smallest absolute Gasteiger partial charge is 0.362 e. The highest BCUT2D eigenvalue weighted by molar-refractivity contribution is 9.10. The summed E-state index contributed by atoms with van der Waals surface area (Å²) >= 11 is 3.15.